The van der Waals surface area contributed by atoms with Crippen LogP contribution in [-0.4, -0.2) is 43.0 Å². The zero-order chi connectivity index (χ0) is 19.2. The lowest BCUT2D eigenvalue weighted by molar-refractivity contribution is -0.379. The molecule has 0 aliphatic carbocycles. The molecular formula is C20H30N5O2+. The van der Waals surface area contributed by atoms with Crippen LogP contribution in [0.5, 0.6) is 0 Å². The highest BCUT2D eigenvalue weighted by Crippen LogP contribution is 2.28. The number of aromatic nitrogens is 1. The first-order chi connectivity index (χ1) is 13.1. The SMILES string of the molecule is CCCN(OCC)C(=O)C1=Cc2[nH+]cc(N3CCCCC3)cc2N=C(N)C1. The van der Waals surface area contributed by atoms with E-state index < -0.39 is 0 Å². The van der Waals surface area contributed by atoms with E-state index in [-0.39, 0.29) is 5.91 Å². The van der Waals surface area contributed by atoms with Gasteiger partial charge in [-0.1, -0.05) is 6.92 Å². The number of aliphatic imine (C=N–C) groups is 1. The normalized spacial score (nSPS) is 16.9. The van der Waals surface area contributed by atoms with Crippen LogP contribution < -0.4 is 15.6 Å². The van der Waals surface area contributed by atoms with Gasteiger partial charge in [-0.05, 0) is 32.6 Å². The lowest BCUT2D eigenvalue weighted by Crippen LogP contribution is -2.34. The van der Waals surface area contributed by atoms with E-state index in [1.807, 2.05) is 26.1 Å². The number of amides is 1. The fourth-order valence-corrected chi connectivity index (χ4v) is 3.52. The molecule has 0 radical (unpaired) electrons. The first-order valence-corrected chi connectivity index (χ1v) is 9.91. The van der Waals surface area contributed by atoms with E-state index in [1.165, 1.54) is 24.3 Å². The van der Waals surface area contributed by atoms with Crippen LogP contribution >= 0.6 is 0 Å². The van der Waals surface area contributed by atoms with Crippen LogP contribution in [-0.2, 0) is 9.63 Å². The molecule has 1 amide bonds. The molecule has 3 N–H and O–H groups in total. The molecule has 3 rings (SSSR count). The molecule has 0 bridgehead atoms. The molecule has 7 heteroatoms. The summed E-state index contributed by atoms with van der Waals surface area (Å²) in [6, 6.07) is 2.06. The Bertz CT molecular complexity index is 732. The number of nitrogens with two attached hydrogens (primary N) is 1. The maximum Gasteiger partial charge on any atom is 0.274 e. The van der Waals surface area contributed by atoms with Gasteiger partial charge in [0.05, 0.1) is 6.61 Å². The number of rotatable bonds is 6. The Kier molecular flexibility index (Phi) is 6.45. The Morgan fingerprint density at radius 1 is 1.33 bits per heavy atom. The third-order valence-corrected chi connectivity index (χ3v) is 4.82. The van der Waals surface area contributed by atoms with Crippen LogP contribution in [0.1, 0.15) is 51.6 Å². The summed E-state index contributed by atoms with van der Waals surface area (Å²) in [4.78, 5) is 28.6. The number of aromatic amines is 1. The number of hydrogen-bond donors (Lipinski definition) is 1. The minimum atomic E-state index is -0.154. The Morgan fingerprint density at radius 2 is 2.11 bits per heavy atom. The zero-order valence-corrected chi connectivity index (χ0v) is 16.3. The second-order valence-corrected chi connectivity index (χ2v) is 6.98. The number of pyridine rings is 1. The van der Waals surface area contributed by atoms with Crippen molar-refractivity contribution < 1.29 is 14.6 Å². The number of H-pyrrole nitrogens is 1. The summed E-state index contributed by atoms with van der Waals surface area (Å²) < 4.78 is 0. The number of piperidine rings is 1. The van der Waals surface area contributed by atoms with Gasteiger partial charge in [-0.25, -0.2) is 15.0 Å². The Balaban J connectivity index is 1.89. The Hall–Kier alpha value is -2.41. The van der Waals surface area contributed by atoms with Gasteiger partial charge in [0, 0.05) is 43.8 Å². The average molecular weight is 372 g/mol. The molecule has 3 heterocycles. The van der Waals surface area contributed by atoms with Crippen molar-refractivity contribution in [1.82, 2.24) is 5.06 Å². The zero-order valence-electron chi connectivity index (χ0n) is 16.3. The lowest BCUT2D eigenvalue weighted by Gasteiger charge is -2.27. The minimum absolute atomic E-state index is 0.154. The van der Waals surface area contributed by atoms with Crippen LogP contribution in [0.15, 0.2) is 22.8 Å². The Morgan fingerprint density at radius 3 is 2.81 bits per heavy atom. The summed E-state index contributed by atoms with van der Waals surface area (Å²) in [5, 5.41) is 1.42. The van der Waals surface area contributed by atoms with Crippen molar-refractivity contribution in [3.05, 3.63) is 23.5 Å². The molecule has 0 atom stereocenters. The van der Waals surface area contributed by atoms with Crippen molar-refractivity contribution in [3.63, 3.8) is 0 Å². The summed E-state index contributed by atoms with van der Waals surface area (Å²) >= 11 is 0. The van der Waals surface area contributed by atoms with Crippen molar-refractivity contribution in [2.45, 2.75) is 46.0 Å². The van der Waals surface area contributed by atoms with Crippen LogP contribution in [0.4, 0.5) is 11.4 Å². The van der Waals surface area contributed by atoms with E-state index in [0.717, 1.165) is 36.6 Å². The lowest BCUT2D eigenvalue weighted by atomic mass is 10.1. The molecule has 2 aliphatic heterocycles. The average Bonchev–Trinajstić information content (AvgIpc) is 2.85. The van der Waals surface area contributed by atoms with Crippen molar-refractivity contribution >= 4 is 29.2 Å². The van der Waals surface area contributed by atoms with E-state index in [1.54, 1.807) is 0 Å². The largest absolute Gasteiger partial charge is 0.387 e. The highest BCUT2D eigenvalue weighted by atomic mass is 16.7. The van der Waals surface area contributed by atoms with Crippen molar-refractivity contribution in [2.24, 2.45) is 10.7 Å². The second kappa shape index (κ2) is 8.99. The number of nitrogens with one attached hydrogen (secondary N) is 1. The fraction of sp³-hybridized carbons (Fsp3) is 0.550. The van der Waals surface area contributed by atoms with E-state index in [4.69, 9.17) is 10.6 Å². The number of anilines is 1. The summed E-state index contributed by atoms with van der Waals surface area (Å²) in [5.74, 6) is 0.281. The van der Waals surface area contributed by atoms with Crippen molar-refractivity contribution in [1.29, 1.82) is 0 Å². The van der Waals surface area contributed by atoms with E-state index in [0.29, 0.717) is 31.0 Å². The number of nitrogens with zero attached hydrogens (tertiary/aromatic N) is 3. The number of hydrogen-bond acceptors (Lipinski definition) is 5. The quantitative estimate of drug-likeness (QED) is 0.777. The molecule has 0 aromatic carbocycles. The Labute approximate surface area is 160 Å². The van der Waals surface area contributed by atoms with Gasteiger partial charge in [-0.2, -0.15) is 0 Å². The van der Waals surface area contributed by atoms with Gasteiger partial charge in [0.2, 0.25) is 5.69 Å². The van der Waals surface area contributed by atoms with Gasteiger partial charge < -0.3 is 10.6 Å². The van der Waals surface area contributed by atoms with Crippen molar-refractivity contribution in [3.8, 4) is 0 Å². The third kappa shape index (κ3) is 4.66. The molecule has 7 nitrogen and oxygen atoms in total. The molecule has 2 aliphatic rings. The fourth-order valence-electron chi connectivity index (χ4n) is 3.52. The smallest absolute Gasteiger partial charge is 0.274 e. The molecule has 146 valence electrons. The first kappa shape index (κ1) is 19.4. The van der Waals surface area contributed by atoms with Gasteiger partial charge in [0.25, 0.3) is 5.91 Å². The van der Waals surface area contributed by atoms with E-state index in [9.17, 15) is 4.79 Å². The van der Waals surface area contributed by atoms with Crippen LogP contribution in [0.25, 0.3) is 6.08 Å². The standard InChI is InChI=1S/C20H29N5O2/c1-3-8-25(27-4-2)20(26)15-11-17-18(23-19(21)12-15)13-16(14-22-17)24-9-6-5-7-10-24/h11,13-14H,3-10,12H2,1-2H3,(H2,21,23)/p+1. The molecular weight excluding hydrogens is 342 g/mol. The first-order valence-electron chi connectivity index (χ1n) is 9.91. The predicted octanol–water partition coefficient (Wildman–Crippen LogP) is 2.46. The van der Waals surface area contributed by atoms with Crippen LogP contribution in [0.3, 0.4) is 0 Å². The highest BCUT2D eigenvalue weighted by Gasteiger charge is 2.25. The molecule has 1 aromatic heterocycles. The highest BCUT2D eigenvalue weighted by molar-refractivity contribution is 6.04. The van der Waals surface area contributed by atoms with Gasteiger partial charge in [0.1, 0.15) is 17.2 Å². The molecule has 1 aromatic rings. The number of fused-ring (bicyclic) bond motifs is 1. The molecule has 0 unspecified atom stereocenters. The van der Waals surface area contributed by atoms with Crippen LogP contribution in [0, 0.1) is 0 Å². The van der Waals surface area contributed by atoms with Crippen LogP contribution in [0.2, 0.25) is 0 Å². The maximum atomic E-state index is 12.9. The predicted molar refractivity (Wildman–Crippen MR) is 107 cm³/mol. The molecule has 1 saturated heterocycles. The van der Waals surface area contributed by atoms with Crippen molar-refractivity contribution in [2.75, 3.05) is 31.1 Å². The summed E-state index contributed by atoms with van der Waals surface area (Å²) in [6.07, 6.45) is 8.70. The van der Waals surface area contributed by atoms with Gasteiger partial charge >= 0.3 is 0 Å². The number of amidine groups is 1. The summed E-state index contributed by atoms with van der Waals surface area (Å²) in [5.41, 5.74) is 9.40. The molecule has 27 heavy (non-hydrogen) atoms. The van der Waals surface area contributed by atoms with Gasteiger partial charge in [-0.3, -0.25) is 9.63 Å². The van der Waals surface area contributed by atoms with E-state index >= 15 is 0 Å². The monoisotopic (exact) mass is 372 g/mol. The summed E-state index contributed by atoms with van der Waals surface area (Å²) in [6.45, 7) is 7.01. The number of carbonyl (C=O) groups is 1. The van der Waals surface area contributed by atoms with E-state index in [2.05, 4.69) is 20.9 Å². The molecule has 0 spiro atoms. The third-order valence-electron chi connectivity index (χ3n) is 4.82. The minimum Gasteiger partial charge on any atom is -0.387 e. The van der Waals surface area contributed by atoms with Gasteiger partial charge in [-0.15, -0.1) is 0 Å². The molecule has 1 fully saturated rings. The summed E-state index contributed by atoms with van der Waals surface area (Å²) in [7, 11) is 0. The number of hydroxylamine groups is 2. The van der Waals surface area contributed by atoms with Gasteiger partial charge in [0.15, 0.2) is 6.20 Å². The topological polar surface area (TPSA) is 85.3 Å². The maximum absolute atomic E-state index is 12.9. The second-order valence-electron chi connectivity index (χ2n) is 6.98. The number of carbonyl (C=O) groups excluding carboxylic acids is 1. The molecule has 0 saturated carbocycles.